The molecule has 0 bridgehead atoms. The SMILES string of the molecule is CC[Si](CC)(CC)C1Cc2cc(F)c(F)c(OS(C)(=O)=O)c2C1=O. The number of Topliss-reactive ketones (excluding diaryl/α,β-unsaturated/α-hetero) is 1. The van der Waals surface area contributed by atoms with Crippen molar-refractivity contribution in [3.63, 3.8) is 0 Å². The lowest BCUT2D eigenvalue weighted by Gasteiger charge is -2.33. The van der Waals surface area contributed by atoms with Crippen LogP contribution in [0.1, 0.15) is 36.7 Å². The highest BCUT2D eigenvalue weighted by molar-refractivity contribution is 7.86. The molecule has 0 fully saturated rings. The van der Waals surface area contributed by atoms with Crippen molar-refractivity contribution in [2.75, 3.05) is 6.26 Å². The van der Waals surface area contributed by atoms with E-state index < -0.39 is 35.6 Å². The number of carbonyl (C=O) groups excluding carboxylic acids is 1. The number of benzene rings is 1. The molecule has 1 aliphatic rings. The van der Waals surface area contributed by atoms with Gasteiger partial charge < -0.3 is 4.18 Å². The van der Waals surface area contributed by atoms with Crippen molar-refractivity contribution in [3.05, 3.63) is 28.8 Å². The molecule has 0 saturated carbocycles. The Morgan fingerprint density at radius 3 is 2.21 bits per heavy atom. The summed E-state index contributed by atoms with van der Waals surface area (Å²) in [7, 11) is -6.04. The molecule has 0 radical (unpaired) electrons. The van der Waals surface area contributed by atoms with Gasteiger partial charge in [-0.2, -0.15) is 12.8 Å². The van der Waals surface area contributed by atoms with Crippen molar-refractivity contribution in [3.8, 4) is 5.75 Å². The number of hydrogen-bond acceptors (Lipinski definition) is 4. The Morgan fingerprint density at radius 1 is 1.21 bits per heavy atom. The van der Waals surface area contributed by atoms with Gasteiger partial charge in [-0.15, -0.1) is 0 Å². The molecule has 1 aliphatic carbocycles. The molecule has 4 nitrogen and oxygen atoms in total. The van der Waals surface area contributed by atoms with E-state index in [1.807, 2.05) is 20.8 Å². The summed E-state index contributed by atoms with van der Waals surface area (Å²) in [4.78, 5) is 13.0. The maximum atomic E-state index is 14.1. The minimum absolute atomic E-state index is 0.100. The smallest absolute Gasteiger partial charge is 0.306 e. The third-order valence-corrected chi connectivity index (χ3v) is 12.0. The molecule has 2 rings (SSSR count). The molecule has 1 unspecified atom stereocenters. The van der Waals surface area contributed by atoms with E-state index in [9.17, 15) is 22.0 Å². The molecule has 1 aromatic carbocycles. The highest BCUT2D eigenvalue weighted by atomic mass is 32.2. The van der Waals surface area contributed by atoms with Crippen molar-refractivity contribution in [1.82, 2.24) is 0 Å². The van der Waals surface area contributed by atoms with E-state index in [-0.39, 0.29) is 16.9 Å². The van der Waals surface area contributed by atoms with Gasteiger partial charge in [0.05, 0.1) is 19.9 Å². The van der Waals surface area contributed by atoms with Crippen LogP contribution in [-0.2, 0) is 16.5 Å². The molecule has 0 amide bonds. The monoisotopic (exact) mass is 376 g/mol. The third-order valence-electron chi connectivity index (χ3n) is 5.33. The van der Waals surface area contributed by atoms with Crippen molar-refractivity contribution >= 4 is 24.0 Å². The Kier molecular flexibility index (Phi) is 5.20. The second-order valence-corrected chi connectivity index (χ2v) is 13.5. The molecule has 134 valence electrons. The lowest BCUT2D eigenvalue weighted by atomic mass is 10.1. The zero-order valence-electron chi connectivity index (χ0n) is 14.3. The molecule has 1 aromatic rings. The van der Waals surface area contributed by atoms with Gasteiger partial charge in [-0.05, 0) is 18.1 Å². The van der Waals surface area contributed by atoms with Crippen LogP contribution in [0.2, 0.25) is 23.7 Å². The Morgan fingerprint density at radius 2 is 1.75 bits per heavy atom. The Bertz CT molecular complexity index is 765. The molecule has 8 heteroatoms. The van der Waals surface area contributed by atoms with Gasteiger partial charge in [0, 0.05) is 5.54 Å². The molecule has 0 aromatic heterocycles. The van der Waals surface area contributed by atoms with E-state index >= 15 is 0 Å². The predicted molar refractivity (Wildman–Crippen MR) is 90.8 cm³/mol. The first-order valence-corrected chi connectivity index (χ1v) is 12.6. The first kappa shape index (κ1) is 19.0. The van der Waals surface area contributed by atoms with Crippen molar-refractivity contribution in [1.29, 1.82) is 0 Å². The van der Waals surface area contributed by atoms with E-state index in [1.54, 1.807) is 0 Å². The van der Waals surface area contributed by atoms with Crippen LogP contribution >= 0.6 is 0 Å². The van der Waals surface area contributed by atoms with Crippen LogP contribution in [0.4, 0.5) is 8.78 Å². The van der Waals surface area contributed by atoms with E-state index in [4.69, 9.17) is 0 Å². The fourth-order valence-corrected chi connectivity index (χ4v) is 8.58. The summed E-state index contributed by atoms with van der Waals surface area (Å²) in [5, 5.41) is 0. The van der Waals surface area contributed by atoms with Gasteiger partial charge in [0.25, 0.3) is 0 Å². The largest absolute Gasteiger partial charge is 0.379 e. The van der Waals surface area contributed by atoms with Crippen LogP contribution < -0.4 is 4.18 Å². The van der Waals surface area contributed by atoms with E-state index in [2.05, 4.69) is 4.18 Å². The first-order chi connectivity index (χ1) is 11.1. The van der Waals surface area contributed by atoms with Crippen molar-refractivity contribution < 1.29 is 26.2 Å². The standard InChI is InChI=1S/C16H22F2O4SSi/c1-5-24(6-2,7-3)12-9-10-8-11(17)14(18)16(13(10)15(12)19)22-23(4,20)21/h8,12H,5-7,9H2,1-4H3. The van der Waals surface area contributed by atoms with Gasteiger partial charge in [0.1, 0.15) is 0 Å². The molecule has 24 heavy (non-hydrogen) atoms. The molecule has 0 N–H and O–H groups in total. The van der Waals surface area contributed by atoms with Gasteiger partial charge in [-0.25, -0.2) is 4.39 Å². The summed E-state index contributed by atoms with van der Waals surface area (Å²) >= 11 is 0. The normalized spacial score (nSPS) is 17.9. The number of rotatable bonds is 6. The number of hydrogen-bond donors (Lipinski definition) is 0. The van der Waals surface area contributed by atoms with Gasteiger partial charge in [0.2, 0.25) is 5.82 Å². The lowest BCUT2D eigenvalue weighted by Crippen LogP contribution is -2.40. The number of fused-ring (bicyclic) bond motifs is 1. The average Bonchev–Trinajstić information content (AvgIpc) is 2.83. The fourth-order valence-electron chi connectivity index (χ4n) is 3.78. The summed E-state index contributed by atoms with van der Waals surface area (Å²) in [6.07, 6.45) is 1.07. The van der Waals surface area contributed by atoms with E-state index in [0.717, 1.165) is 30.5 Å². The quantitative estimate of drug-likeness (QED) is 0.558. The Hall–Kier alpha value is -1.28. The van der Waals surface area contributed by atoms with E-state index in [0.29, 0.717) is 12.0 Å². The molecular formula is C16H22F2O4SSi. The fraction of sp³-hybridized carbons (Fsp3) is 0.562. The number of ketones is 1. The van der Waals surface area contributed by atoms with Crippen molar-refractivity contribution in [2.24, 2.45) is 0 Å². The van der Waals surface area contributed by atoms with Gasteiger partial charge in [-0.1, -0.05) is 38.9 Å². The molecule has 0 spiro atoms. The summed E-state index contributed by atoms with van der Waals surface area (Å²) in [5.41, 5.74) is -0.0538. The van der Waals surface area contributed by atoms with Gasteiger partial charge in [-0.3, -0.25) is 4.79 Å². The van der Waals surface area contributed by atoms with E-state index in [1.165, 1.54) is 0 Å². The number of carbonyl (C=O) groups is 1. The predicted octanol–water partition coefficient (Wildman–Crippen LogP) is 3.92. The maximum absolute atomic E-state index is 14.1. The minimum Gasteiger partial charge on any atom is -0.379 e. The Balaban J connectivity index is 2.62. The number of halogens is 2. The van der Waals surface area contributed by atoms with Crippen LogP contribution in [0.25, 0.3) is 0 Å². The second-order valence-electron chi connectivity index (χ2n) is 6.37. The van der Waals surface area contributed by atoms with Crippen LogP contribution in [0.3, 0.4) is 0 Å². The maximum Gasteiger partial charge on any atom is 0.306 e. The Labute approximate surface area is 142 Å². The molecule has 0 aliphatic heterocycles. The molecule has 1 atom stereocenters. The highest BCUT2D eigenvalue weighted by Gasteiger charge is 2.47. The zero-order chi connectivity index (χ0) is 18.3. The highest BCUT2D eigenvalue weighted by Crippen LogP contribution is 2.47. The molecule has 0 saturated heterocycles. The molecular weight excluding hydrogens is 354 g/mol. The third kappa shape index (κ3) is 3.13. The minimum atomic E-state index is -4.08. The van der Waals surface area contributed by atoms with Crippen LogP contribution in [0, 0.1) is 11.6 Å². The first-order valence-electron chi connectivity index (χ1n) is 8.04. The average molecular weight is 376 g/mol. The molecule has 0 heterocycles. The lowest BCUT2D eigenvalue weighted by molar-refractivity contribution is 0.0989. The summed E-state index contributed by atoms with van der Waals surface area (Å²) < 4.78 is 55.4. The summed E-state index contributed by atoms with van der Waals surface area (Å²) in [6.45, 7) is 6.14. The van der Waals surface area contributed by atoms with Crippen LogP contribution in [0.15, 0.2) is 6.07 Å². The summed E-state index contributed by atoms with van der Waals surface area (Å²) in [6, 6.07) is 3.66. The van der Waals surface area contributed by atoms with Crippen LogP contribution in [-0.4, -0.2) is 28.5 Å². The summed E-state index contributed by atoms with van der Waals surface area (Å²) in [5.74, 6) is -3.71. The second kappa shape index (κ2) is 6.55. The van der Waals surface area contributed by atoms with Crippen LogP contribution in [0.5, 0.6) is 5.75 Å². The van der Waals surface area contributed by atoms with Crippen molar-refractivity contribution in [2.45, 2.75) is 50.9 Å². The zero-order valence-corrected chi connectivity index (χ0v) is 16.1. The van der Waals surface area contributed by atoms with Gasteiger partial charge in [0.15, 0.2) is 17.3 Å². The topological polar surface area (TPSA) is 60.4 Å². The van der Waals surface area contributed by atoms with Gasteiger partial charge >= 0.3 is 10.1 Å².